The van der Waals surface area contributed by atoms with Crippen LogP contribution < -0.4 is 19.0 Å². The van der Waals surface area contributed by atoms with Gasteiger partial charge >= 0.3 is 0 Å². The molecule has 0 saturated carbocycles. The zero-order chi connectivity index (χ0) is 21.7. The van der Waals surface area contributed by atoms with Crippen molar-refractivity contribution in [1.82, 2.24) is 4.57 Å². The van der Waals surface area contributed by atoms with Crippen LogP contribution in [0.25, 0.3) is 16.3 Å². The third-order valence-corrected chi connectivity index (χ3v) is 5.26. The molecule has 30 heavy (non-hydrogen) atoms. The van der Waals surface area contributed by atoms with Gasteiger partial charge in [0.1, 0.15) is 5.82 Å². The van der Waals surface area contributed by atoms with E-state index in [9.17, 15) is 9.18 Å². The van der Waals surface area contributed by atoms with Crippen LogP contribution in [-0.2, 0) is 11.3 Å². The number of benzene rings is 2. The van der Waals surface area contributed by atoms with Gasteiger partial charge in [-0.3, -0.25) is 4.79 Å². The van der Waals surface area contributed by atoms with Crippen LogP contribution in [-0.4, -0.2) is 31.8 Å². The third-order valence-electron chi connectivity index (χ3n) is 4.21. The van der Waals surface area contributed by atoms with Crippen molar-refractivity contribution in [2.24, 2.45) is 4.99 Å². The molecule has 2 aromatic carbocycles. The summed E-state index contributed by atoms with van der Waals surface area (Å²) in [7, 11) is 4.53. The van der Waals surface area contributed by atoms with E-state index in [4.69, 9.17) is 20.6 Å². The number of rotatable bonds is 6. The fourth-order valence-electron chi connectivity index (χ4n) is 2.91. The van der Waals surface area contributed by atoms with E-state index in [1.54, 1.807) is 30.3 Å². The molecule has 0 radical (unpaired) electrons. The minimum atomic E-state index is -0.513. The second-order valence-electron chi connectivity index (χ2n) is 6.00. The molecule has 3 aromatic rings. The topological polar surface area (TPSA) is 62.1 Å². The van der Waals surface area contributed by atoms with Crippen molar-refractivity contribution >= 4 is 33.5 Å². The molecule has 8 heteroatoms. The monoisotopic (exact) mass is 426 g/mol. The van der Waals surface area contributed by atoms with E-state index in [2.05, 4.69) is 10.9 Å². The Bertz CT molecular complexity index is 1210. The molecule has 0 saturated heterocycles. The molecule has 1 aromatic heterocycles. The van der Waals surface area contributed by atoms with E-state index in [1.165, 1.54) is 49.4 Å². The molecule has 1 amide bonds. The van der Waals surface area contributed by atoms with Gasteiger partial charge in [0.25, 0.3) is 5.91 Å². The minimum Gasteiger partial charge on any atom is -0.493 e. The number of amides is 1. The number of hydrogen-bond donors (Lipinski definition) is 0. The smallest absolute Gasteiger partial charge is 0.272 e. The Morgan fingerprint density at radius 2 is 1.93 bits per heavy atom. The van der Waals surface area contributed by atoms with E-state index in [0.29, 0.717) is 37.8 Å². The molecule has 1 heterocycles. The summed E-state index contributed by atoms with van der Waals surface area (Å²) in [6.45, 7) is 0.101. The van der Waals surface area contributed by atoms with Crippen LogP contribution in [0.15, 0.2) is 41.4 Å². The molecule has 154 valence electrons. The SMILES string of the molecule is C#CCn1c(=NC(=O)/C=C\c2cc(OC)c(OC)c(OC)c2)sc2cccc(F)c21. The number of thiazole rings is 1. The van der Waals surface area contributed by atoms with Crippen molar-refractivity contribution in [2.75, 3.05) is 21.3 Å². The molecule has 3 rings (SSSR count). The molecule has 0 aliphatic carbocycles. The number of terminal acetylenes is 1. The van der Waals surface area contributed by atoms with Crippen LogP contribution >= 0.6 is 11.3 Å². The highest BCUT2D eigenvalue weighted by Crippen LogP contribution is 2.38. The standard InChI is InChI=1S/C22H19FN2O4S/c1-5-11-25-20-15(23)7-6-8-18(20)30-22(25)24-19(26)10-9-14-12-16(27-2)21(29-4)17(13-14)28-3/h1,6-10,12-13H,11H2,2-4H3/b10-9-,24-22?. The van der Waals surface area contributed by atoms with Crippen molar-refractivity contribution in [3.8, 4) is 29.6 Å². The predicted octanol–water partition coefficient (Wildman–Crippen LogP) is 3.64. The van der Waals surface area contributed by atoms with Gasteiger partial charge in [0.2, 0.25) is 5.75 Å². The second-order valence-corrected chi connectivity index (χ2v) is 7.01. The maximum atomic E-state index is 14.2. The molecule has 0 N–H and O–H groups in total. The molecule has 0 bridgehead atoms. The third kappa shape index (κ3) is 4.21. The highest BCUT2D eigenvalue weighted by molar-refractivity contribution is 7.16. The highest BCUT2D eigenvalue weighted by atomic mass is 32.1. The summed E-state index contributed by atoms with van der Waals surface area (Å²) in [5.41, 5.74) is 0.993. The maximum absolute atomic E-state index is 14.2. The number of methoxy groups -OCH3 is 3. The van der Waals surface area contributed by atoms with E-state index in [0.717, 1.165) is 0 Å². The van der Waals surface area contributed by atoms with Gasteiger partial charge in [-0.25, -0.2) is 4.39 Å². The quantitative estimate of drug-likeness (QED) is 0.446. The average Bonchev–Trinajstić information content (AvgIpc) is 3.09. The molecule has 0 aliphatic heterocycles. The minimum absolute atomic E-state index is 0.101. The Kier molecular flexibility index (Phi) is 6.54. The number of fused-ring (bicyclic) bond motifs is 1. The molecule has 0 atom stereocenters. The Hall–Kier alpha value is -3.57. The van der Waals surface area contributed by atoms with E-state index in [-0.39, 0.29) is 6.54 Å². The normalized spacial score (nSPS) is 11.6. The first-order valence-electron chi connectivity index (χ1n) is 8.80. The number of aromatic nitrogens is 1. The zero-order valence-electron chi connectivity index (χ0n) is 16.6. The van der Waals surface area contributed by atoms with Crippen LogP contribution in [0.4, 0.5) is 4.39 Å². The number of ether oxygens (including phenoxy) is 3. The van der Waals surface area contributed by atoms with Gasteiger partial charge in [-0.05, 0) is 35.9 Å². The largest absolute Gasteiger partial charge is 0.493 e. The summed E-state index contributed by atoms with van der Waals surface area (Å²) in [6.07, 6.45) is 8.30. The van der Waals surface area contributed by atoms with Gasteiger partial charge in [0.15, 0.2) is 16.3 Å². The fourth-order valence-corrected chi connectivity index (χ4v) is 3.96. The number of nitrogens with zero attached hydrogens (tertiary/aromatic N) is 2. The molecular weight excluding hydrogens is 407 g/mol. The van der Waals surface area contributed by atoms with Crippen LogP contribution in [0.3, 0.4) is 0 Å². The van der Waals surface area contributed by atoms with Crippen LogP contribution in [0.2, 0.25) is 0 Å². The lowest BCUT2D eigenvalue weighted by atomic mass is 10.1. The van der Waals surface area contributed by atoms with E-state index < -0.39 is 11.7 Å². The van der Waals surface area contributed by atoms with Crippen molar-refractivity contribution < 1.29 is 23.4 Å². The first-order valence-corrected chi connectivity index (χ1v) is 9.62. The van der Waals surface area contributed by atoms with E-state index >= 15 is 0 Å². The fraction of sp³-hybridized carbons (Fsp3) is 0.182. The van der Waals surface area contributed by atoms with Crippen LogP contribution in [0, 0.1) is 18.2 Å². The van der Waals surface area contributed by atoms with Crippen molar-refractivity contribution in [1.29, 1.82) is 0 Å². The maximum Gasteiger partial charge on any atom is 0.272 e. The molecule has 0 unspecified atom stereocenters. The van der Waals surface area contributed by atoms with Gasteiger partial charge < -0.3 is 18.8 Å². The van der Waals surface area contributed by atoms with Gasteiger partial charge in [0.05, 0.1) is 38.1 Å². The van der Waals surface area contributed by atoms with Gasteiger partial charge in [0, 0.05) is 6.08 Å². The Balaban J connectivity index is 1.99. The summed E-state index contributed by atoms with van der Waals surface area (Å²) in [5, 5.41) is 0. The molecule has 6 nitrogen and oxygen atoms in total. The van der Waals surface area contributed by atoms with Gasteiger partial charge in [-0.2, -0.15) is 4.99 Å². The summed E-state index contributed by atoms with van der Waals surface area (Å²) in [4.78, 5) is 16.9. The van der Waals surface area contributed by atoms with Crippen LogP contribution in [0.5, 0.6) is 17.2 Å². The second kappa shape index (κ2) is 9.29. The summed E-state index contributed by atoms with van der Waals surface area (Å²) < 4.78 is 32.3. The molecule has 0 aliphatic rings. The first-order chi connectivity index (χ1) is 14.5. The van der Waals surface area contributed by atoms with Crippen LogP contribution in [0.1, 0.15) is 5.56 Å². The summed E-state index contributed by atoms with van der Waals surface area (Å²) in [6, 6.07) is 8.12. The van der Waals surface area contributed by atoms with Gasteiger partial charge in [-0.15, -0.1) is 6.42 Å². The number of carbonyl (C=O) groups is 1. The predicted molar refractivity (Wildman–Crippen MR) is 114 cm³/mol. The Labute approximate surface area is 176 Å². The summed E-state index contributed by atoms with van der Waals surface area (Å²) in [5.74, 6) is 2.93. The van der Waals surface area contributed by atoms with Crippen molar-refractivity contribution in [2.45, 2.75) is 6.54 Å². The van der Waals surface area contributed by atoms with Gasteiger partial charge in [-0.1, -0.05) is 23.3 Å². The zero-order valence-corrected chi connectivity index (χ0v) is 17.5. The Morgan fingerprint density at radius 3 is 2.53 bits per heavy atom. The molecular formula is C22H19FN2O4S. The lowest BCUT2D eigenvalue weighted by Crippen LogP contribution is -2.16. The lowest BCUT2D eigenvalue weighted by Gasteiger charge is -2.12. The first kappa shape index (κ1) is 21.1. The molecule has 0 fully saturated rings. The molecule has 0 spiro atoms. The van der Waals surface area contributed by atoms with Crippen molar-refractivity contribution in [3.05, 3.63) is 52.6 Å². The van der Waals surface area contributed by atoms with Crippen molar-refractivity contribution in [3.63, 3.8) is 0 Å². The number of halogens is 1. The Morgan fingerprint density at radius 1 is 1.23 bits per heavy atom. The number of hydrogen-bond acceptors (Lipinski definition) is 5. The summed E-state index contributed by atoms with van der Waals surface area (Å²) >= 11 is 1.19. The number of carbonyl (C=O) groups excluding carboxylic acids is 1. The average molecular weight is 426 g/mol. The van der Waals surface area contributed by atoms with E-state index in [1.807, 2.05) is 0 Å². The lowest BCUT2D eigenvalue weighted by molar-refractivity contribution is -0.113. The number of para-hydroxylation sites is 1. The highest BCUT2D eigenvalue weighted by Gasteiger charge is 2.13.